The second kappa shape index (κ2) is 8.33. The van der Waals surface area contributed by atoms with E-state index in [0.717, 1.165) is 0 Å². The van der Waals surface area contributed by atoms with E-state index in [1.54, 1.807) is 12.4 Å². The fourth-order valence-corrected chi connectivity index (χ4v) is 0.922. The van der Waals surface area contributed by atoms with Crippen LogP contribution in [0.3, 0.4) is 0 Å². The molecule has 18 heavy (non-hydrogen) atoms. The zero-order valence-electron chi connectivity index (χ0n) is 9.28. The Hall–Kier alpha value is -1.78. The Kier molecular flexibility index (Phi) is 7.51. The first-order valence-corrected chi connectivity index (χ1v) is 4.48. The third-order valence-corrected chi connectivity index (χ3v) is 1.71. The Labute approximate surface area is 122 Å². The summed E-state index contributed by atoms with van der Waals surface area (Å²) >= 11 is 0. The molecule has 1 aromatic carbocycles. The monoisotopic (exact) mass is 349 g/mol. The van der Waals surface area contributed by atoms with Crippen LogP contribution in [-0.4, -0.2) is 37.6 Å². The van der Waals surface area contributed by atoms with Crippen LogP contribution < -0.4 is 0 Å². The molecule has 0 radical (unpaired) electrons. The van der Waals surface area contributed by atoms with Gasteiger partial charge in [0.1, 0.15) is 0 Å². The van der Waals surface area contributed by atoms with E-state index in [-0.39, 0.29) is 38.4 Å². The van der Waals surface area contributed by atoms with E-state index in [1.807, 2.05) is 0 Å². The summed E-state index contributed by atoms with van der Waals surface area (Å²) < 4.78 is 0. The zero-order chi connectivity index (χ0) is 12.7. The molecule has 0 spiro atoms. The van der Waals surface area contributed by atoms with E-state index in [9.17, 15) is 9.59 Å². The van der Waals surface area contributed by atoms with Crippen molar-refractivity contribution in [2.75, 3.05) is 0 Å². The Balaban J connectivity index is 0.000000405. The maximum atomic E-state index is 10.3. The van der Waals surface area contributed by atoms with Crippen LogP contribution >= 0.6 is 0 Å². The van der Waals surface area contributed by atoms with Gasteiger partial charge in [-0.3, -0.25) is 5.10 Å². The molecular weight excluding hydrogens is 339 g/mol. The predicted octanol–water partition coefficient (Wildman–Crippen LogP) is 0.885. The van der Waals surface area contributed by atoms with Gasteiger partial charge in [0.05, 0.1) is 17.3 Å². The van der Waals surface area contributed by atoms with Crippen molar-refractivity contribution in [2.24, 2.45) is 0 Å². The normalized spacial score (nSPS) is 8.44. The molecule has 0 aliphatic carbocycles. The van der Waals surface area contributed by atoms with Crippen molar-refractivity contribution in [1.82, 2.24) is 15.4 Å². The minimum atomic E-state index is -1.06. The van der Waals surface area contributed by atoms with E-state index in [2.05, 4.69) is 15.4 Å². The molecule has 1 heterocycles. The van der Waals surface area contributed by atoms with Crippen LogP contribution in [0, 0.1) is 0 Å². The van der Waals surface area contributed by atoms with E-state index in [4.69, 9.17) is 10.2 Å². The number of carboxylic acid groups (broad SMARTS) is 2. The molecule has 0 saturated heterocycles. The molecular formula is C10H9CdN3O4. The van der Waals surface area contributed by atoms with Crippen LogP contribution in [0.25, 0.3) is 0 Å². The number of aromatic carboxylic acids is 2. The maximum Gasteiger partial charge on any atom is 0.335 e. The molecule has 8 heteroatoms. The van der Waals surface area contributed by atoms with E-state index < -0.39 is 11.9 Å². The van der Waals surface area contributed by atoms with Gasteiger partial charge in [-0.1, -0.05) is 5.21 Å². The summed E-state index contributed by atoms with van der Waals surface area (Å²) in [6.07, 6.45) is 3.24. The van der Waals surface area contributed by atoms with Crippen LogP contribution in [0.2, 0.25) is 0 Å². The first-order chi connectivity index (χ1) is 8.11. The molecule has 2 aromatic rings. The second-order valence-corrected chi connectivity index (χ2v) is 2.85. The van der Waals surface area contributed by atoms with Crippen LogP contribution in [-0.2, 0) is 27.3 Å². The third kappa shape index (κ3) is 5.52. The number of aromatic nitrogens is 3. The number of carboxylic acids is 2. The maximum absolute atomic E-state index is 10.3. The van der Waals surface area contributed by atoms with Crippen LogP contribution in [0.4, 0.5) is 0 Å². The standard InChI is InChI=1S/C8H6O4.C2H3N3.Cd/c9-7(10)5-1-2-6(4-3-5)8(11)12;1-2-4-5-3-1;/h1-4H,(H,9,10)(H,11,12);1-2H,(H,3,4,5);. The van der Waals surface area contributed by atoms with Gasteiger partial charge in [0, 0.05) is 33.5 Å². The van der Waals surface area contributed by atoms with Gasteiger partial charge in [-0.25, -0.2) is 9.59 Å². The van der Waals surface area contributed by atoms with Crippen LogP contribution in [0.1, 0.15) is 20.7 Å². The number of nitrogens with one attached hydrogen (secondary N) is 1. The summed E-state index contributed by atoms with van der Waals surface area (Å²) in [5.41, 5.74) is 0.167. The smallest absolute Gasteiger partial charge is 0.335 e. The van der Waals surface area contributed by atoms with E-state index in [0.29, 0.717) is 0 Å². The van der Waals surface area contributed by atoms with Crippen molar-refractivity contribution >= 4 is 11.9 Å². The van der Waals surface area contributed by atoms with Gasteiger partial charge in [0.2, 0.25) is 0 Å². The van der Waals surface area contributed by atoms with E-state index >= 15 is 0 Å². The van der Waals surface area contributed by atoms with Crippen LogP contribution in [0.15, 0.2) is 36.7 Å². The number of carbonyl (C=O) groups is 2. The van der Waals surface area contributed by atoms with E-state index in [1.165, 1.54) is 24.3 Å². The van der Waals surface area contributed by atoms with Gasteiger partial charge in [-0.05, 0) is 24.3 Å². The molecule has 90 valence electrons. The number of aromatic amines is 1. The first-order valence-electron chi connectivity index (χ1n) is 4.48. The average Bonchev–Trinajstić information content (AvgIpc) is 2.87. The SMILES string of the molecule is O=C(O)c1ccc(C(=O)O)cc1.[Cd].c1c[nH]nn1. The Morgan fingerprint density at radius 3 is 1.61 bits per heavy atom. The fourth-order valence-electron chi connectivity index (χ4n) is 0.922. The zero-order valence-corrected chi connectivity index (χ0v) is 13.3. The third-order valence-electron chi connectivity index (χ3n) is 1.71. The molecule has 0 aliphatic heterocycles. The molecule has 7 nitrogen and oxygen atoms in total. The average molecular weight is 348 g/mol. The number of rotatable bonds is 2. The van der Waals surface area contributed by atoms with Gasteiger partial charge in [0.15, 0.2) is 0 Å². The van der Waals surface area contributed by atoms with Gasteiger partial charge in [0.25, 0.3) is 0 Å². The molecule has 0 atom stereocenters. The van der Waals surface area contributed by atoms with Crippen molar-refractivity contribution in [3.63, 3.8) is 0 Å². The molecule has 0 amide bonds. The van der Waals surface area contributed by atoms with Gasteiger partial charge < -0.3 is 10.2 Å². The molecule has 0 bridgehead atoms. The van der Waals surface area contributed by atoms with Crippen molar-refractivity contribution in [3.05, 3.63) is 47.8 Å². The Morgan fingerprint density at radius 1 is 1.00 bits per heavy atom. The minimum absolute atomic E-state index is 0. The Morgan fingerprint density at radius 2 is 1.44 bits per heavy atom. The number of hydrogen-bond acceptors (Lipinski definition) is 4. The van der Waals surface area contributed by atoms with Gasteiger partial charge >= 0.3 is 11.9 Å². The molecule has 0 fully saturated rings. The molecule has 0 saturated carbocycles. The summed E-state index contributed by atoms with van der Waals surface area (Å²) in [6.45, 7) is 0. The van der Waals surface area contributed by atoms with Crippen molar-refractivity contribution in [3.8, 4) is 0 Å². The summed E-state index contributed by atoms with van der Waals surface area (Å²) in [6, 6.07) is 5.02. The molecule has 1 aromatic heterocycles. The fraction of sp³-hybridized carbons (Fsp3) is 0. The van der Waals surface area contributed by atoms with Crippen molar-refractivity contribution in [1.29, 1.82) is 0 Å². The molecule has 0 aliphatic rings. The van der Waals surface area contributed by atoms with Crippen molar-refractivity contribution < 1.29 is 47.1 Å². The summed E-state index contributed by atoms with van der Waals surface area (Å²) in [5.74, 6) is -2.13. The number of H-pyrrole nitrogens is 1. The Bertz CT molecular complexity index is 434. The summed E-state index contributed by atoms with van der Waals surface area (Å²) in [5, 5.41) is 26.2. The number of nitrogens with zero attached hydrogens (tertiary/aromatic N) is 2. The largest absolute Gasteiger partial charge is 0.478 e. The quantitative estimate of drug-likeness (QED) is 0.695. The second-order valence-electron chi connectivity index (χ2n) is 2.85. The van der Waals surface area contributed by atoms with Gasteiger partial charge in [-0.15, -0.1) is 5.10 Å². The molecule has 3 N–H and O–H groups in total. The number of hydrogen-bond donors (Lipinski definition) is 3. The predicted molar refractivity (Wildman–Crippen MR) is 56.7 cm³/mol. The topological polar surface area (TPSA) is 116 Å². The van der Waals surface area contributed by atoms with Gasteiger partial charge in [-0.2, -0.15) is 0 Å². The minimum Gasteiger partial charge on any atom is -0.478 e. The van der Waals surface area contributed by atoms with Crippen molar-refractivity contribution in [2.45, 2.75) is 0 Å². The summed E-state index contributed by atoms with van der Waals surface area (Å²) in [4.78, 5) is 20.7. The number of benzene rings is 1. The first kappa shape index (κ1) is 16.2. The summed E-state index contributed by atoms with van der Waals surface area (Å²) in [7, 11) is 0. The molecule has 0 unspecified atom stereocenters. The van der Waals surface area contributed by atoms with Crippen LogP contribution in [0.5, 0.6) is 0 Å². The molecule has 2 rings (SSSR count).